The Morgan fingerprint density at radius 3 is 2.19 bits per heavy atom. The lowest BCUT2D eigenvalue weighted by Crippen LogP contribution is -2.46. The summed E-state index contributed by atoms with van der Waals surface area (Å²) in [7, 11) is -1.96. The summed E-state index contributed by atoms with van der Waals surface area (Å²) in [5, 5.41) is 8.64. The zero-order valence-corrected chi connectivity index (χ0v) is 38.8. The maximum absolute atomic E-state index is 15.0. The van der Waals surface area contributed by atoms with Crippen molar-refractivity contribution in [1.29, 1.82) is 0 Å². The van der Waals surface area contributed by atoms with E-state index >= 15 is 4.39 Å². The summed E-state index contributed by atoms with van der Waals surface area (Å²) >= 11 is 0. The van der Waals surface area contributed by atoms with Crippen LogP contribution in [0, 0.1) is 17.6 Å². The number of piperazine rings is 1. The molecule has 0 spiro atoms. The maximum atomic E-state index is 15.0. The third-order valence-electron chi connectivity index (χ3n) is 12.8. The molecule has 2 aliphatic rings. The number of ether oxygens (including phenoxy) is 4. The Hall–Kier alpha value is -5.59. The van der Waals surface area contributed by atoms with Gasteiger partial charge in [-0.1, -0.05) is 33.8 Å². The van der Waals surface area contributed by atoms with Crippen LogP contribution >= 0.6 is 0 Å². The molecule has 0 radical (unpaired) electrons. The standard InChI is InChI=1S/C46H60F2N8O7Si/c1-8-42(33(2)63-44(58)59-23-24-62-64(6,7)45(3,4)5)56-43(57)55(32-51-56)38-12-10-36(11-13-38)52-19-21-53(22-20-52)37-14-16-39(17-15-37)60-27-34-26-46(61-28-34,29-54-31-49-30-50-54)40-18-9-35(47)25-41(40)48/h9-18,25,30-34,42H,8,19-24,26-29H2,1-7H3/t33-,34+,42-,46-/m0/s1. The van der Waals surface area contributed by atoms with Crippen molar-refractivity contribution in [3.05, 3.63) is 113 Å². The zero-order valence-electron chi connectivity index (χ0n) is 37.8. The number of carbonyl (C=O) groups is 1. The Bertz CT molecular complexity index is 2360. The van der Waals surface area contributed by atoms with E-state index in [0.717, 1.165) is 49.4 Å². The number of benzene rings is 3. The van der Waals surface area contributed by atoms with Crippen molar-refractivity contribution >= 4 is 25.8 Å². The molecule has 4 heterocycles. The normalized spacial score (nSPS) is 19.1. The lowest BCUT2D eigenvalue weighted by atomic mass is 9.87. The number of hydrogen-bond donors (Lipinski definition) is 0. The van der Waals surface area contributed by atoms with Gasteiger partial charge in [-0.2, -0.15) is 10.2 Å². The van der Waals surface area contributed by atoms with Crippen LogP contribution in [0.5, 0.6) is 5.75 Å². The van der Waals surface area contributed by atoms with Gasteiger partial charge >= 0.3 is 11.8 Å². The molecule has 0 unspecified atom stereocenters. The minimum absolute atomic E-state index is 0.0288. The molecular formula is C46H60F2N8O7Si. The zero-order chi connectivity index (χ0) is 45.6. The quantitative estimate of drug-likeness (QED) is 0.0512. The summed E-state index contributed by atoms with van der Waals surface area (Å²) in [6.07, 6.45) is 3.97. The van der Waals surface area contributed by atoms with Crippen LogP contribution in [0.1, 0.15) is 59.1 Å². The first-order valence-corrected chi connectivity index (χ1v) is 24.9. The van der Waals surface area contributed by atoms with E-state index in [-0.39, 0.29) is 35.4 Å². The average Bonchev–Trinajstić information content (AvgIpc) is 4.03. The van der Waals surface area contributed by atoms with Crippen molar-refractivity contribution in [1.82, 2.24) is 29.1 Å². The molecule has 18 heteroatoms. The predicted molar refractivity (Wildman–Crippen MR) is 241 cm³/mol. The molecule has 2 saturated heterocycles. The van der Waals surface area contributed by atoms with E-state index in [1.54, 1.807) is 17.9 Å². The first-order valence-electron chi connectivity index (χ1n) is 21.9. The van der Waals surface area contributed by atoms with Crippen molar-refractivity contribution in [2.75, 3.05) is 62.4 Å². The smallest absolute Gasteiger partial charge is 0.493 e. The van der Waals surface area contributed by atoms with E-state index in [1.165, 1.54) is 34.0 Å². The van der Waals surface area contributed by atoms with Gasteiger partial charge in [0.05, 0.1) is 38.1 Å². The highest BCUT2D eigenvalue weighted by Gasteiger charge is 2.45. The van der Waals surface area contributed by atoms with Crippen molar-refractivity contribution in [2.24, 2.45) is 5.92 Å². The molecule has 0 bridgehead atoms. The van der Waals surface area contributed by atoms with E-state index in [4.69, 9.17) is 23.4 Å². The summed E-state index contributed by atoms with van der Waals surface area (Å²) in [5.74, 6) is -0.607. The van der Waals surface area contributed by atoms with Crippen LogP contribution < -0.4 is 20.2 Å². The Morgan fingerprint density at radius 1 is 0.922 bits per heavy atom. The highest BCUT2D eigenvalue weighted by atomic mass is 28.4. The van der Waals surface area contributed by atoms with E-state index in [1.807, 2.05) is 43.3 Å². The third-order valence-corrected chi connectivity index (χ3v) is 17.3. The van der Waals surface area contributed by atoms with Crippen LogP contribution in [-0.4, -0.2) is 102 Å². The fourth-order valence-corrected chi connectivity index (χ4v) is 9.15. The van der Waals surface area contributed by atoms with Gasteiger partial charge < -0.3 is 33.2 Å². The average molecular weight is 903 g/mol. The molecule has 3 aromatic carbocycles. The number of hydrogen-bond acceptors (Lipinski definition) is 12. The van der Waals surface area contributed by atoms with Gasteiger partial charge in [0, 0.05) is 55.1 Å². The van der Waals surface area contributed by atoms with Crippen LogP contribution in [0.2, 0.25) is 18.1 Å². The fraction of sp³-hybridized carbons (Fsp3) is 0.500. The minimum Gasteiger partial charge on any atom is -0.493 e. The second-order valence-corrected chi connectivity index (χ2v) is 22.9. The molecule has 0 amide bonds. The molecule has 0 saturated carbocycles. The molecule has 7 rings (SSSR count). The minimum atomic E-state index is -1.96. The molecule has 2 aromatic heterocycles. The summed E-state index contributed by atoms with van der Waals surface area (Å²) in [6.45, 7) is 19.0. The van der Waals surface area contributed by atoms with Crippen molar-refractivity contribution in [3.8, 4) is 11.4 Å². The van der Waals surface area contributed by atoms with E-state index in [0.29, 0.717) is 38.3 Å². The second-order valence-electron chi connectivity index (χ2n) is 18.1. The van der Waals surface area contributed by atoms with Gasteiger partial charge in [-0.3, -0.25) is 0 Å². The molecule has 344 valence electrons. The van der Waals surface area contributed by atoms with E-state index in [2.05, 4.69) is 71.0 Å². The van der Waals surface area contributed by atoms with Crippen molar-refractivity contribution < 1.29 is 36.9 Å². The fourth-order valence-electron chi connectivity index (χ4n) is 8.13. The van der Waals surface area contributed by atoms with Crippen LogP contribution in [0.15, 0.2) is 90.5 Å². The highest BCUT2D eigenvalue weighted by molar-refractivity contribution is 6.74. The Morgan fingerprint density at radius 2 is 1.58 bits per heavy atom. The van der Waals surface area contributed by atoms with E-state index < -0.39 is 43.9 Å². The van der Waals surface area contributed by atoms with Gasteiger partial charge in [0.15, 0.2) is 8.32 Å². The van der Waals surface area contributed by atoms with Crippen LogP contribution in [0.25, 0.3) is 5.69 Å². The summed E-state index contributed by atoms with van der Waals surface area (Å²) in [6, 6.07) is 19.0. The van der Waals surface area contributed by atoms with Gasteiger partial charge in [-0.05, 0) is 92.5 Å². The molecule has 64 heavy (non-hydrogen) atoms. The number of rotatable bonds is 17. The molecular weight excluding hydrogens is 843 g/mol. The van der Waals surface area contributed by atoms with Crippen molar-refractivity contribution in [2.45, 2.75) is 89.9 Å². The van der Waals surface area contributed by atoms with E-state index in [9.17, 15) is 14.0 Å². The lowest BCUT2D eigenvalue weighted by molar-refractivity contribution is -0.0206. The van der Waals surface area contributed by atoms with Gasteiger partial charge in [-0.25, -0.2) is 37.3 Å². The molecule has 0 N–H and O–H groups in total. The monoisotopic (exact) mass is 902 g/mol. The molecule has 5 aromatic rings. The molecule has 2 aliphatic heterocycles. The first-order chi connectivity index (χ1) is 30.6. The van der Waals surface area contributed by atoms with Gasteiger partial charge in [0.25, 0.3) is 0 Å². The number of nitrogens with zero attached hydrogens (tertiary/aromatic N) is 8. The highest BCUT2D eigenvalue weighted by Crippen LogP contribution is 2.42. The second kappa shape index (κ2) is 19.7. The molecule has 2 fully saturated rings. The van der Waals surface area contributed by atoms with Crippen LogP contribution in [0.3, 0.4) is 0 Å². The molecule has 4 atom stereocenters. The number of anilines is 2. The first kappa shape index (κ1) is 46.4. The van der Waals surface area contributed by atoms with Gasteiger partial charge in [0.1, 0.15) is 54.7 Å². The topological polar surface area (TPSA) is 140 Å². The largest absolute Gasteiger partial charge is 0.508 e. The van der Waals surface area contributed by atoms with Gasteiger partial charge in [-0.15, -0.1) is 0 Å². The number of aromatic nitrogens is 6. The number of halogens is 2. The van der Waals surface area contributed by atoms with Crippen LogP contribution in [0.4, 0.5) is 25.0 Å². The van der Waals surface area contributed by atoms with Crippen LogP contribution in [-0.2, 0) is 30.8 Å². The molecule has 15 nitrogen and oxygen atoms in total. The molecule has 0 aliphatic carbocycles. The maximum Gasteiger partial charge on any atom is 0.508 e. The Labute approximate surface area is 374 Å². The Kier molecular flexibility index (Phi) is 14.2. The Balaban J connectivity index is 0.875. The van der Waals surface area contributed by atoms with Crippen molar-refractivity contribution in [3.63, 3.8) is 0 Å². The summed E-state index contributed by atoms with van der Waals surface area (Å²) in [5.41, 5.74) is 1.75. The number of carbonyl (C=O) groups excluding carboxylic acids is 1. The summed E-state index contributed by atoms with van der Waals surface area (Å²) in [4.78, 5) is 34.8. The predicted octanol–water partition coefficient (Wildman–Crippen LogP) is 7.76. The van der Waals surface area contributed by atoms with Gasteiger partial charge in [0.2, 0.25) is 0 Å². The summed E-state index contributed by atoms with van der Waals surface area (Å²) < 4.78 is 62.7. The SMILES string of the molecule is CC[C@@H]([C@H](C)OC(=O)OCCO[Si](C)(C)C(C)(C)C)n1ncn(-c2ccc(N3CCN(c4ccc(OC[C@@H]5CO[C@@](Cn6cncn6)(c6ccc(F)cc6F)C5)cc4)CC3)cc2)c1=O. The third kappa shape index (κ3) is 10.7. The lowest BCUT2D eigenvalue weighted by Gasteiger charge is -2.37.